The van der Waals surface area contributed by atoms with Gasteiger partial charge in [-0.15, -0.1) is 0 Å². The number of aliphatic hydroxyl groups excluding tert-OH is 2. The van der Waals surface area contributed by atoms with Gasteiger partial charge in [0.2, 0.25) is 58.8 Å². The maximum atomic E-state index is 15.6. The Bertz CT molecular complexity index is 4680. The minimum atomic E-state index is -2.38. The smallest absolute Gasteiger partial charge is 0.303 e. The van der Waals surface area contributed by atoms with Gasteiger partial charge in [-0.1, -0.05) is 95.5 Å². The fourth-order valence-electron chi connectivity index (χ4n) is 14.8. The average Bonchev–Trinajstić information content (AvgIpc) is 1.35. The summed E-state index contributed by atoms with van der Waals surface area (Å²) in [7, 11) is 0. The zero-order valence-electron chi connectivity index (χ0n) is 77.8. The number of primary amides is 1. The number of aliphatic hydroxyl groups is 2. The molecule has 0 fully saturated rings. The standard InChI is InChI=1S/C93H137F2N17O21/c1-52(2)25-32-69-88(130)108-93(11,91(133)105-74(51-113)80(122)50-99-54(5)75(117)37-40-98-56(7)78(120)47-96)39-22-18-16-14-12-13-15-17-21-38-92(10,107-89(131)72(44-60-28-31-64(94)65(95)42-60)104-90(132)83(57(8)114)106-86(128)71(41-53(3)4)102-58(9)115)85(127)84(126)68(34-36-82(124)125)103-87(129)73(43-59-26-29-62(116)30-27-59)112-111-70(45-61-48-101-66-24-20-19-23-63(61)66)77(119)46-76(118)55(6)100-49-79(121)67(109-110-69)33-35-81(97)123/h14,16,19-20,23-24,26-31,42,48,52-57,67-74,83,98-101,109-114,116H,12-13,15,17-18,21-22,25,32-41,43-47,49-51,96H2,1-11H3,(H2,97,123)(H,102,115)(H,103,129)(H,104,132)(H,105,133)(H,106,128)(H,107,131)(H,108,130)(H,124,125)/t54-,55-,56-,57+,67-,68-,69-,70-,71-,72-,73-,74-,83-,92+,93-/m0/s1. The topological polar surface area (TPSA) is 607 Å². The molecule has 1 aromatic heterocycles. The lowest BCUT2D eigenvalue weighted by atomic mass is 9.84. The van der Waals surface area contributed by atoms with E-state index >= 15 is 23.6 Å². The minimum Gasteiger partial charge on any atom is -0.508 e. The van der Waals surface area contributed by atoms with E-state index in [4.69, 9.17) is 11.5 Å². The quantitative estimate of drug-likeness (QED) is 0.0170. The predicted molar refractivity (Wildman–Crippen MR) is 489 cm³/mol. The number of para-hydroxylation sites is 1. The number of carbonyl (C=O) groups is 17. The Morgan fingerprint density at radius 1 is 0.609 bits per heavy atom. The molecule has 5 rings (SSSR count). The first kappa shape index (κ1) is 112. The molecule has 1 aliphatic heterocycles. The van der Waals surface area contributed by atoms with Crippen molar-refractivity contribution in [2.24, 2.45) is 23.3 Å². The molecule has 734 valence electrons. The van der Waals surface area contributed by atoms with Crippen LogP contribution in [0.1, 0.15) is 208 Å². The highest BCUT2D eigenvalue weighted by atomic mass is 19.2. The molecule has 0 aliphatic carbocycles. The van der Waals surface area contributed by atoms with E-state index in [1.165, 1.54) is 45.0 Å². The predicted octanol–water partition coefficient (Wildman–Crippen LogP) is 1.33. The summed E-state index contributed by atoms with van der Waals surface area (Å²) in [5, 5.41) is 69.5. The van der Waals surface area contributed by atoms with Crippen molar-refractivity contribution in [3.63, 3.8) is 0 Å². The van der Waals surface area contributed by atoms with Gasteiger partial charge < -0.3 is 90.0 Å². The zero-order chi connectivity index (χ0) is 99.0. The highest BCUT2D eigenvalue weighted by Gasteiger charge is 2.45. The maximum absolute atomic E-state index is 15.6. The van der Waals surface area contributed by atoms with Crippen molar-refractivity contribution < 1.29 is 111 Å². The molecular formula is C93H137F2N17O21. The number of Topliss-reactive ketones (excluding diaryl/α,β-unsaturated/α-hetero) is 8. The zero-order valence-corrected chi connectivity index (χ0v) is 77.8. The summed E-state index contributed by atoms with van der Waals surface area (Å²) in [4.78, 5) is 243. The number of ketones is 8. The Balaban J connectivity index is 1.63. The summed E-state index contributed by atoms with van der Waals surface area (Å²) in [6, 6.07) is -1.87. The molecular weight excluding hydrogens is 1730 g/mol. The van der Waals surface area contributed by atoms with Crippen LogP contribution in [0.2, 0.25) is 0 Å². The molecule has 4 aromatic rings. The number of aromatic hydroxyl groups is 1. The Morgan fingerprint density at radius 2 is 1.25 bits per heavy atom. The lowest BCUT2D eigenvalue weighted by Gasteiger charge is -2.33. The number of hydrogen-bond acceptors (Lipinski definition) is 28. The molecule has 2 heterocycles. The minimum absolute atomic E-state index is 0.0122. The van der Waals surface area contributed by atoms with Crippen LogP contribution in [-0.2, 0) is 101 Å². The number of nitrogens with two attached hydrogens (primary N) is 2. The van der Waals surface area contributed by atoms with Crippen LogP contribution in [0, 0.1) is 23.5 Å². The molecule has 1 aliphatic rings. The normalized spacial score (nSPS) is 22.0. The molecule has 38 nitrogen and oxygen atoms in total. The van der Waals surface area contributed by atoms with Crippen LogP contribution in [0.15, 0.2) is 85.1 Å². The number of H-pyrrole nitrogens is 1. The molecule has 15 atom stereocenters. The van der Waals surface area contributed by atoms with E-state index < -0.39 is 241 Å². The van der Waals surface area contributed by atoms with Gasteiger partial charge in [0, 0.05) is 56.3 Å². The third-order valence-corrected chi connectivity index (χ3v) is 23.2. The molecule has 40 heteroatoms. The Kier molecular flexibility index (Phi) is 47.4. The number of allylic oxidation sites excluding steroid dienone is 2. The van der Waals surface area contributed by atoms with Gasteiger partial charge in [0.1, 0.15) is 47.0 Å². The van der Waals surface area contributed by atoms with Crippen LogP contribution in [0.25, 0.3) is 10.9 Å². The summed E-state index contributed by atoms with van der Waals surface area (Å²) >= 11 is 0. The number of amides is 8. The van der Waals surface area contributed by atoms with Crippen molar-refractivity contribution in [1.82, 2.24) is 79.9 Å². The van der Waals surface area contributed by atoms with Gasteiger partial charge in [-0.05, 0) is 184 Å². The number of carbonyl (C=O) groups excluding carboxylic acids is 16. The van der Waals surface area contributed by atoms with Crippen molar-refractivity contribution in [2.45, 2.75) is 301 Å². The lowest BCUT2D eigenvalue weighted by Crippen LogP contribution is -2.64. The van der Waals surface area contributed by atoms with Gasteiger partial charge in [0.15, 0.2) is 46.3 Å². The molecule has 0 radical (unpaired) electrons. The van der Waals surface area contributed by atoms with E-state index in [0.717, 1.165) is 39.0 Å². The van der Waals surface area contributed by atoms with Crippen LogP contribution in [0.5, 0.6) is 5.75 Å². The van der Waals surface area contributed by atoms with Crippen molar-refractivity contribution in [3.8, 4) is 5.75 Å². The number of carboxylic acid groups (broad SMARTS) is 1. The number of fused-ring (bicyclic) bond motifs is 1. The van der Waals surface area contributed by atoms with E-state index in [2.05, 4.69) is 79.9 Å². The summed E-state index contributed by atoms with van der Waals surface area (Å²) in [5.41, 5.74) is 19.9. The van der Waals surface area contributed by atoms with Crippen LogP contribution in [0.3, 0.4) is 0 Å². The lowest BCUT2D eigenvalue weighted by molar-refractivity contribution is -0.145. The number of hydrazine groups is 2. The van der Waals surface area contributed by atoms with Crippen LogP contribution >= 0.6 is 0 Å². The highest BCUT2D eigenvalue weighted by molar-refractivity contribution is 6.43. The van der Waals surface area contributed by atoms with Gasteiger partial charge >= 0.3 is 5.97 Å². The van der Waals surface area contributed by atoms with Gasteiger partial charge in [0.05, 0.1) is 81.1 Å². The number of aliphatic carboxylic acids is 1. The number of phenolic OH excluding ortho intramolecular Hbond substituents is 1. The fraction of sp³-hybridized carbons (Fsp3) is 0.581. The Hall–Kier alpha value is -11.2. The van der Waals surface area contributed by atoms with Crippen LogP contribution in [-0.4, -0.2) is 247 Å². The molecule has 0 spiro atoms. The molecule has 0 saturated heterocycles. The fourth-order valence-corrected chi connectivity index (χ4v) is 14.8. The highest BCUT2D eigenvalue weighted by Crippen LogP contribution is 2.26. The first-order chi connectivity index (χ1) is 62.8. The number of aromatic amines is 1. The molecule has 0 saturated carbocycles. The number of benzene rings is 3. The summed E-state index contributed by atoms with van der Waals surface area (Å²) in [6.45, 7) is 14.6. The summed E-state index contributed by atoms with van der Waals surface area (Å²) in [5.74, 6) is -18.5. The van der Waals surface area contributed by atoms with E-state index in [-0.39, 0.29) is 125 Å². The molecule has 133 heavy (non-hydrogen) atoms. The molecule has 3 aromatic carbocycles. The average molecular weight is 1870 g/mol. The number of nitrogens with one attached hydrogen (secondary N) is 15. The molecule has 8 amide bonds. The van der Waals surface area contributed by atoms with Crippen molar-refractivity contribution in [3.05, 3.63) is 113 Å². The molecule has 0 unspecified atom stereocenters. The van der Waals surface area contributed by atoms with Crippen LogP contribution in [0.4, 0.5) is 8.78 Å². The number of hydrogen-bond donors (Lipinski definition) is 21. The molecule has 23 N–H and O–H groups in total. The van der Waals surface area contributed by atoms with E-state index in [1.54, 1.807) is 51.2 Å². The van der Waals surface area contributed by atoms with Crippen molar-refractivity contribution in [2.75, 3.05) is 32.8 Å². The van der Waals surface area contributed by atoms with Crippen molar-refractivity contribution in [1.29, 1.82) is 0 Å². The largest absolute Gasteiger partial charge is 0.508 e. The Labute approximate surface area is 773 Å². The number of aromatic nitrogens is 1. The Morgan fingerprint density at radius 3 is 1.89 bits per heavy atom. The number of rotatable bonds is 39. The second kappa shape index (κ2) is 56.1. The number of carboxylic acids is 1. The van der Waals surface area contributed by atoms with Gasteiger partial charge in [-0.25, -0.2) is 30.5 Å². The third-order valence-electron chi connectivity index (χ3n) is 23.2. The number of phenols is 1. The SMILES string of the molecule is CC(=O)N[C@@H](CC(C)C)C(=O)N[C@H](C(=O)N[C@@H](Cc1ccc(F)c(F)c1)C(=O)N[C@]1(C)CCCCCCC=CCCC[C@@](C)(C(=O)N[C@@H](CO)C(=O)CN[C@@H](C)C(=O)CCN[C@@H](C)C(=O)CN)NC(=O)[C@H](CCC(C)C)NN[C@@H](CCC(N)=O)C(=O)CN[C@@H](C)C(=O)CC(=O)[C@H](Cc2c[nH]c3ccccc23)NN[C@@H](Cc2ccc(O)cc2)C(=O)N[C@@H](CCC(=O)O)C(=O)C1=O)[C@@H](C)O. The van der Waals surface area contributed by atoms with E-state index in [1.807, 2.05) is 26.0 Å². The van der Waals surface area contributed by atoms with Gasteiger partial charge in [-0.3, -0.25) is 81.5 Å². The van der Waals surface area contributed by atoms with Crippen LogP contribution < -0.4 is 86.3 Å². The van der Waals surface area contributed by atoms with Gasteiger partial charge in [0.25, 0.3) is 0 Å². The van der Waals surface area contributed by atoms with E-state index in [0.29, 0.717) is 47.7 Å². The number of halogens is 2. The van der Waals surface area contributed by atoms with Crippen molar-refractivity contribution >= 4 is 110 Å². The summed E-state index contributed by atoms with van der Waals surface area (Å²) < 4.78 is 29.7. The van der Waals surface area contributed by atoms with Gasteiger partial charge in [-0.2, -0.15) is 0 Å². The second-order valence-electron chi connectivity index (χ2n) is 35.5. The first-order valence-electron chi connectivity index (χ1n) is 45.3. The summed E-state index contributed by atoms with van der Waals surface area (Å²) in [6.07, 6.45) is 1.40. The van der Waals surface area contributed by atoms with E-state index in [9.17, 15) is 87.1 Å². The molecule has 0 bridgehead atoms. The monoisotopic (exact) mass is 1870 g/mol. The third kappa shape index (κ3) is 38.4. The maximum Gasteiger partial charge on any atom is 0.303 e. The second-order valence-corrected chi connectivity index (χ2v) is 35.5. The first-order valence-corrected chi connectivity index (χ1v) is 45.3.